The Balaban J connectivity index is 1.53. The average molecular weight is 383 g/mol. The summed E-state index contributed by atoms with van der Waals surface area (Å²) in [5.41, 5.74) is 2.43. The summed E-state index contributed by atoms with van der Waals surface area (Å²) in [7, 11) is 5.41. The Kier molecular flexibility index (Phi) is 6.93. The van der Waals surface area contributed by atoms with E-state index in [4.69, 9.17) is 9.47 Å². The number of amides is 1. The van der Waals surface area contributed by atoms with Crippen molar-refractivity contribution in [3.05, 3.63) is 59.7 Å². The van der Waals surface area contributed by atoms with Crippen molar-refractivity contribution in [1.82, 2.24) is 9.80 Å². The minimum absolute atomic E-state index is 0.245. The fourth-order valence-electron chi connectivity index (χ4n) is 3.77. The van der Waals surface area contributed by atoms with Crippen LogP contribution in [-0.2, 0) is 11.2 Å². The molecule has 150 valence electrons. The molecular weight excluding hydrogens is 352 g/mol. The van der Waals surface area contributed by atoms with E-state index in [1.165, 1.54) is 5.56 Å². The molecule has 0 saturated carbocycles. The largest absolute Gasteiger partial charge is 0.493 e. The lowest BCUT2D eigenvalue weighted by Crippen LogP contribution is -2.48. The number of rotatable bonds is 7. The number of benzene rings is 2. The zero-order valence-electron chi connectivity index (χ0n) is 17.1. The van der Waals surface area contributed by atoms with Gasteiger partial charge in [-0.3, -0.25) is 9.69 Å². The molecule has 0 N–H and O–H groups in total. The second-order valence-electron chi connectivity index (χ2n) is 7.29. The Bertz CT molecular complexity index is 779. The van der Waals surface area contributed by atoms with Crippen LogP contribution in [0.1, 0.15) is 30.0 Å². The molecule has 2 aromatic rings. The van der Waals surface area contributed by atoms with E-state index in [0.717, 1.165) is 49.5 Å². The van der Waals surface area contributed by atoms with Gasteiger partial charge < -0.3 is 14.4 Å². The molecule has 0 bridgehead atoms. The van der Waals surface area contributed by atoms with Gasteiger partial charge in [0.25, 0.3) is 0 Å². The fraction of sp³-hybridized carbons (Fsp3) is 0.435. The number of carbonyl (C=O) groups excluding carboxylic acids is 1. The third-order valence-corrected chi connectivity index (χ3v) is 5.49. The van der Waals surface area contributed by atoms with Crippen molar-refractivity contribution in [3.63, 3.8) is 0 Å². The summed E-state index contributed by atoms with van der Waals surface area (Å²) in [6.07, 6.45) is 2.25. The quantitative estimate of drug-likeness (QED) is 0.735. The van der Waals surface area contributed by atoms with Crippen LogP contribution in [0, 0.1) is 0 Å². The van der Waals surface area contributed by atoms with Gasteiger partial charge in [-0.1, -0.05) is 36.4 Å². The zero-order valence-corrected chi connectivity index (χ0v) is 17.1. The van der Waals surface area contributed by atoms with Crippen molar-refractivity contribution < 1.29 is 14.3 Å². The molecule has 1 aliphatic heterocycles. The number of nitrogens with zero attached hydrogens (tertiary/aromatic N) is 2. The van der Waals surface area contributed by atoms with Crippen LogP contribution < -0.4 is 9.47 Å². The summed E-state index contributed by atoms with van der Waals surface area (Å²) in [4.78, 5) is 17.1. The molecule has 1 unspecified atom stereocenters. The van der Waals surface area contributed by atoms with Crippen LogP contribution in [0.3, 0.4) is 0 Å². The van der Waals surface area contributed by atoms with Gasteiger partial charge in [-0.25, -0.2) is 0 Å². The fourth-order valence-corrected chi connectivity index (χ4v) is 3.77. The first-order valence-electron chi connectivity index (χ1n) is 9.86. The first-order chi connectivity index (χ1) is 13.6. The third-order valence-electron chi connectivity index (χ3n) is 5.49. The number of hydrogen-bond donors (Lipinski definition) is 0. The maximum absolute atomic E-state index is 12.8. The lowest BCUT2D eigenvalue weighted by molar-refractivity contribution is -0.134. The van der Waals surface area contributed by atoms with Crippen molar-refractivity contribution in [2.45, 2.75) is 25.3 Å². The first-order valence-corrected chi connectivity index (χ1v) is 9.86. The second-order valence-corrected chi connectivity index (χ2v) is 7.29. The third kappa shape index (κ3) is 4.84. The van der Waals surface area contributed by atoms with Gasteiger partial charge in [0.15, 0.2) is 11.5 Å². The summed E-state index contributed by atoms with van der Waals surface area (Å²) >= 11 is 0. The minimum atomic E-state index is 0.245. The van der Waals surface area contributed by atoms with Gasteiger partial charge in [-0.2, -0.15) is 0 Å². The highest BCUT2D eigenvalue weighted by Crippen LogP contribution is 2.28. The second kappa shape index (κ2) is 9.60. The highest BCUT2D eigenvalue weighted by Gasteiger charge is 2.27. The van der Waals surface area contributed by atoms with Gasteiger partial charge in [0.2, 0.25) is 5.91 Å². The minimum Gasteiger partial charge on any atom is -0.493 e. The number of methoxy groups -OCH3 is 2. The molecule has 1 fully saturated rings. The van der Waals surface area contributed by atoms with Crippen LogP contribution in [0.4, 0.5) is 0 Å². The summed E-state index contributed by atoms with van der Waals surface area (Å²) < 4.78 is 10.6. The van der Waals surface area contributed by atoms with E-state index in [1.807, 2.05) is 29.2 Å². The first kappa shape index (κ1) is 20.2. The van der Waals surface area contributed by atoms with Crippen molar-refractivity contribution in [3.8, 4) is 11.5 Å². The predicted molar refractivity (Wildman–Crippen MR) is 111 cm³/mol. The Labute approximate surface area is 167 Å². The Hall–Kier alpha value is -2.53. The van der Waals surface area contributed by atoms with E-state index in [1.54, 1.807) is 14.2 Å². The van der Waals surface area contributed by atoms with Crippen LogP contribution in [0.2, 0.25) is 0 Å². The van der Waals surface area contributed by atoms with Crippen LogP contribution in [0.25, 0.3) is 0 Å². The van der Waals surface area contributed by atoms with Gasteiger partial charge in [0, 0.05) is 26.1 Å². The molecule has 2 aromatic carbocycles. The van der Waals surface area contributed by atoms with Gasteiger partial charge in [0.1, 0.15) is 0 Å². The lowest BCUT2D eigenvalue weighted by Gasteiger charge is -2.39. The van der Waals surface area contributed by atoms with E-state index in [9.17, 15) is 4.79 Å². The van der Waals surface area contributed by atoms with Gasteiger partial charge in [-0.15, -0.1) is 0 Å². The number of aryl methyl sites for hydroxylation is 1. The molecule has 28 heavy (non-hydrogen) atoms. The van der Waals surface area contributed by atoms with Crippen molar-refractivity contribution in [1.29, 1.82) is 0 Å². The Morgan fingerprint density at radius 1 is 1.04 bits per heavy atom. The number of hydrogen-bond acceptors (Lipinski definition) is 4. The molecule has 1 atom stereocenters. The molecule has 1 amide bonds. The van der Waals surface area contributed by atoms with E-state index in [-0.39, 0.29) is 11.9 Å². The molecular formula is C23H30N2O3. The molecule has 0 spiro atoms. The topological polar surface area (TPSA) is 42.0 Å². The number of ether oxygens (including phenoxy) is 2. The normalized spacial score (nSPS) is 17.4. The maximum atomic E-state index is 12.8. The van der Waals surface area contributed by atoms with E-state index in [2.05, 4.69) is 36.2 Å². The summed E-state index contributed by atoms with van der Waals surface area (Å²) in [5.74, 6) is 1.71. The van der Waals surface area contributed by atoms with Gasteiger partial charge >= 0.3 is 0 Å². The molecule has 5 heteroatoms. The predicted octanol–water partition coefficient (Wildman–Crippen LogP) is 3.54. The SMILES string of the molecule is COc1ccc(CCCC(=O)N2CCN(C)C(c3ccccc3)C2)cc1OC. The highest BCUT2D eigenvalue weighted by atomic mass is 16.5. The van der Waals surface area contributed by atoms with E-state index >= 15 is 0 Å². The molecule has 1 saturated heterocycles. The van der Waals surface area contributed by atoms with Crippen molar-refractivity contribution in [2.75, 3.05) is 40.9 Å². The number of piperazine rings is 1. The Morgan fingerprint density at radius 2 is 1.79 bits per heavy atom. The lowest BCUT2D eigenvalue weighted by atomic mass is 10.0. The van der Waals surface area contributed by atoms with Crippen molar-refractivity contribution >= 4 is 5.91 Å². The average Bonchev–Trinajstić information content (AvgIpc) is 2.74. The molecule has 0 aromatic heterocycles. The molecule has 0 radical (unpaired) electrons. The molecule has 5 nitrogen and oxygen atoms in total. The summed E-state index contributed by atoms with van der Waals surface area (Å²) in [5, 5.41) is 0. The summed E-state index contributed by atoms with van der Waals surface area (Å²) in [6, 6.07) is 16.7. The smallest absolute Gasteiger partial charge is 0.222 e. The zero-order chi connectivity index (χ0) is 19.9. The maximum Gasteiger partial charge on any atom is 0.222 e. The molecule has 1 aliphatic rings. The van der Waals surface area contributed by atoms with E-state index < -0.39 is 0 Å². The highest BCUT2D eigenvalue weighted by molar-refractivity contribution is 5.76. The van der Waals surface area contributed by atoms with Crippen LogP contribution in [0.15, 0.2) is 48.5 Å². The van der Waals surface area contributed by atoms with Gasteiger partial charge in [0.05, 0.1) is 20.3 Å². The van der Waals surface area contributed by atoms with E-state index in [0.29, 0.717) is 6.42 Å². The van der Waals surface area contributed by atoms with Crippen molar-refractivity contribution in [2.24, 2.45) is 0 Å². The van der Waals surface area contributed by atoms with Crippen LogP contribution >= 0.6 is 0 Å². The molecule has 3 rings (SSSR count). The van der Waals surface area contributed by atoms with Gasteiger partial charge in [-0.05, 0) is 43.1 Å². The van der Waals surface area contributed by atoms with Crippen LogP contribution in [-0.4, -0.2) is 56.6 Å². The molecule has 0 aliphatic carbocycles. The number of carbonyl (C=O) groups is 1. The van der Waals surface area contributed by atoms with Crippen LogP contribution in [0.5, 0.6) is 11.5 Å². The Morgan fingerprint density at radius 3 is 2.50 bits per heavy atom. The summed E-state index contributed by atoms with van der Waals surface area (Å²) in [6.45, 7) is 2.46. The monoisotopic (exact) mass is 382 g/mol. The molecule has 1 heterocycles. The standard InChI is InChI=1S/C23H30N2O3/c1-24-14-15-25(17-20(24)19-9-5-4-6-10-19)23(26)11-7-8-18-12-13-21(27-2)22(16-18)28-3/h4-6,9-10,12-13,16,20H,7-8,11,14-15,17H2,1-3H3. The number of likely N-dealkylation sites (N-methyl/N-ethyl adjacent to an activating group) is 1.